The first-order chi connectivity index (χ1) is 14.6. The number of carbonyl (C=O) groups is 1. The van der Waals surface area contributed by atoms with Gasteiger partial charge in [-0.05, 0) is 23.6 Å². The summed E-state index contributed by atoms with van der Waals surface area (Å²) in [5.41, 5.74) is 2.61. The number of rotatable bonds is 6. The van der Waals surface area contributed by atoms with E-state index in [0.29, 0.717) is 17.5 Å². The van der Waals surface area contributed by atoms with Crippen molar-refractivity contribution < 1.29 is 15.0 Å². The molecule has 0 aliphatic heterocycles. The van der Waals surface area contributed by atoms with Crippen molar-refractivity contribution in [2.75, 3.05) is 0 Å². The van der Waals surface area contributed by atoms with Crippen molar-refractivity contribution in [2.24, 2.45) is 10.2 Å². The second-order valence-electron chi connectivity index (χ2n) is 6.93. The fourth-order valence-corrected chi connectivity index (χ4v) is 3.41. The monoisotopic (exact) mass is 399 g/mol. The number of nitrogens with zero attached hydrogens (tertiary/aromatic N) is 3. The maximum Gasteiger partial charge on any atom is 0.297 e. The zero-order chi connectivity index (χ0) is 20.9. The van der Waals surface area contributed by atoms with E-state index in [1.807, 2.05) is 54.6 Å². The Bertz CT molecular complexity index is 1180. The largest absolute Gasteiger partial charge is 0.493 e. The summed E-state index contributed by atoms with van der Waals surface area (Å²) in [7, 11) is 0. The van der Waals surface area contributed by atoms with Crippen LogP contribution < -0.4 is 0 Å². The third kappa shape index (κ3) is 3.99. The zero-order valence-corrected chi connectivity index (χ0v) is 16.2. The number of hydrogen-bond donors (Lipinski definition) is 2. The third-order valence-corrected chi connectivity index (χ3v) is 4.98. The van der Waals surface area contributed by atoms with Crippen molar-refractivity contribution >= 4 is 22.5 Å². The normalized spacial score (nSPS) is 12.4. The molecule has 0 aliphatic rings. The number of para-hydroxylation sites is 1. The molecule has 0 saturated heterocycles. The fourth-order valence-electron chi connectivity index (χ4n) is 3.41. The van der Waals surface area contributed by atoms with Gasteiger partial charge in [-0.2, -0.15) is 0 Å². The number of fused-ring (bicyclic) bond motifs is 1. The first kappa shape index (κ1) is 19.5. The highest BCUT2D eigenvalue weighted by Gasteiger charge is 2.19. The number of hydrogen-bond acceptors (Lipinski definition) is 4. The van der Waals surface area contributed by atoms with Crippen LogP contribution in [0, 0.1) is 0 Å². The molecule has 2 N–H and O–H groups in total. The highest BCUT2D eigenvalue weighted by atomic mass is 16.3. The number of benzene rings is 3. The molecule has 0 aliphatic carbocycles. The van der Waals surface area contributed by atoms with Gasteiger partial charge in [0.1, 0.15) is 0 Å². The quantitative estimate of drug-likeness (QED) is 0.451. The highest BCUT2D eigenvalue weighted by molar-refractivity contribution is 5.95. The van der Waals surface area contributed by atoms with Crippen LogP contribution in [0.3, 0.4) is 0 Å². The van der Waals surface area contributed by atoms with Gasteiger partial charge in [0.15, 0.2) is 11.8 Å². The van der Waals surface area contributed by atoms with Gasteiger partial charge in [0.25, 0.3) is 5.91 Å². The van der Waals surface area contributed by atoms with E-state index in [1.165, 1.54) is 0 Å². The van der Waals surface area contributed by atoms with E-state index in [1.54, 1.807) is 34.9 Å². The molecule has 1 heterocycles. The number of amides is 1. The van der Waals surface area contributed by atoms with E-state index in [4.69, 9.17) is 0 Å². The lowest BCUT2D eigenvalue weighted by Crippen LogP contribution is -2.08. The molecule has 6 nitrogen and oxygen atoms in total. The predicted octanol–water partition coefficient (Wildman–Crippen LogP) is 4.93. The van der Waals surface area contributed by atoms with Crippen LogP contribution in [0.25, 0.3) is 10.9 Å². The molecule has 1 atom stereocenters. The Morgan fingerprint density at radius 1 is 0.900 bits per heavy atom. The van der Waals surface area contributed by atoms with Gasteiger partial charge in [-0.1, -0.05) is 78.9 Å². The van der Waals surface area contributed by atoms with Crippen LogP contribution in [0.4, 0.5) is 5.69 Å². The molecule has 0 radical (unpaired) electrons. The molecule has 4 aromatic rings. The second-order valence-corrected chi connectivity index (χ2v) is 6.93. The summed E-state index contributed by atoms with van der Waals surface area (Å²) in [6.07, 6.45) is -0.668. The summed E-state index contributed by atoms with van der Waals surface area (Å²) in [5, 5.41) is 29.4. The van der Waals surface area contributed by atoms with E-state index < -0.39 is 12.0 Å². The third-order valence-electron chi connectivity index (χ3n) is 4.98. The Morgan fingerprint density at radius 2 is 1.53 bits per heavy atom. The van der Waals surface area contributed by atoms with E-state index >= 15 is 0 Å². The molecule has 0 fully saturated rings. The number of azo groups is 1. The first-order valence-electron chi connectivity index (χ1n) is 9.68. The van der Waals surface area contributed by atoms with E-state index in [2.05, 4.69) is 10.2 Å². The lowest BCUT2D eigenvalue weighted by atomic mass is 10.1. The van der Waals surface area contributed by atoms with E-state index in [-0.39, 0.29) is 11.6 Å². The van der Waals surface area contributed by atoms with Crippen molar-refractivity contribution in [3.05, 3.63) is 96.1 Å². The maximum absolute atomic E-state index is 12.3. The number of aliphatic hydroxyl groups excluding tert-OH is 1. The average molecular weight is 399 g/mol. The van der Waals surface area contributed by atoms with Gasteiger partial charge >= 0.3 is 0 Å². The van der Waals surface area contributed by atoms with E-state index in [9.17, 15) is 15.0 Å². The van der Waals surface area contributed by atoms with Crippen molar-refractivity contribution in [1.82, 2.24) is 4.57 Å². The molecule has 0 saturated carbocycles. The van der Waals surface area contributed by atoms with Crippen molar-refractivity contribution in [1.29, 1.82) is 0 Å². The van der Waals surface area contributed by atoms with Gasteiger partial charge in [-0.25, -0.2) is 0 Å². The number of carbonyl (C=O) groups excluding carboxylic acids is 1. The minimum Gasteiger partial charge on any atom is -0.493 e. The predicted molar refractivity (Wildman–Crippen MR) is 115 cm³/mol. The van der Waals surface area contributed by atoms with Gasteiger partial charge in [0, 0.05) is 11.9 Å². The number of aromatic hydroxyl groups is 1. The molecule has 0 unspecified atom stereocenters. The Kier molecular flexibility index (Phi) is 5.68. The molecule has 1 aromatic heterocycles. The molecule has 3 aromatic carbocycles. The smallest absolute Gasteiger partial charge is 0.297 e. The number of aryl methyl sites for hydroxylation is 2. The Labute approximate surface area is 173 Å². The van der Waals surface area contributed by atoms with Gasteiger partial charge < -0.3 is 14.8 Å². The van der Waals surface area contributed by atoms with Crippen LogP contribution in [0.5, 0.6) is 5.88 Å². The summed E-state index contributed by atoms with van der Waals surface area (Å²) >= 11 is 0. The van der Waals surface area contributed by atoms with Crippen LogP contribution >= 0.6 is 0 Å². The Hall–Kier alpha value is -3.77. The summed E-state index contributed by atoms with van der Waals surface area (Å²) in [6.45, 7) is 0.548. The molecule has 150 valence electrons. The zero-order valence-electron chi connectivity index (χ0n) is 16.2. The topological polar surface area (TPSA) is 87.2 Å². The van der Waals surface area contributed by atoms with E-state index in [0.717, 1.165) is 17.5 Å². The minimum absolute atomic E-state index is 0.0575. The number of aliphatic hydroxyl groups is 1. The maximum atomic E-state index is 12.3. The SMILES string of the molecule is O=C(N=Nc1c(O)n(CCc2ccccc2)c2ccccc12)[C@H](O)c1ccccc1. The van der Waals surface area contributed by atoms with Crippen LogP contribution in [-0.4, -0.2) is 20.7 Å². The van der Waals surface area contributed by atoms with Crippen molar-refractivity contribution in [3.63, 3.8) is 0 Å². The molecule has 1 amide bonds. The molecule has 30 heavy (non-hydrogen) atoms. The van der Waals surface area contributed by atoms with Crippen LogP contribution in [0.2, 0.25) is 0 Å². The Morgan fingerprint density at radius 3 is 2.27 bits per heavy atom. The van der Waals surface area contributed by atoms with Crippen molar-refractivity contribution in [2.45, 2.75) is 19.1 Å². The molecule has 6 heteroatoms. The second kappa shape index (κ2) is 8.71. The van der Waals surface area contributed by atoms with Gasteiger partial charge in [0.05, 0.1) is 5.52 Å². The average Bonchev–Trinajstić information content (AvgIpc) is 3.07. The summed E-state index contributed by atoms with van der Waals surface area (Å²) in [6, 6.07) is 26.0. The minimum atomic E-state index is -1.40. The Balaban J connectivity index is 1.62. The lowest BCUT2D eigenvalue weighted by molar-refractivity contribution is -0.126. The molecule has 0 bridgehead atoms. The van der Waals surface area contributed by atoms with Crippen molar-refractivity contribution in [3.8, 4) is 5.88 Å². The summed E-state index contributed by atoms with van der Waals surface area (Å²) in [4.78, 5) is 12.3. The molecular formula is C24H21N3O3. The lowest BCUT2D eigenvalue weighted by Gasteiger charge is -2.07. The molecule has 4 rings (SSSR count). The molecule has 0 spiro atoms. The van der Waals surface area contributed by atoms with Crippen LogP contribution in [0.1, 0.15) is 17.2 Å². The van der Waals surface area contributed by atoms with Crippen LogP contribution in [0.15, 0.2) is 95.2 Å². The van der Waals surface area contributed by atoms with Gasteiger partial charge in [-0.15, -0.1) is 10.2 Å². The van der Waals surface area contributed by atoms with Crippen LogP contribution in [-0.2, 0) is 17.8 Å². The summed E-state index contributed by atoms with van der Waals surface area (Å²) in [5.74, 6) is -0.848. The van der Waals surface area contributed by atoms with Gasteiger partial charge in [-0.3, -0.25) is 4.79 Å². The first-order valence-corrected chi connectivity index (χ1v) is 9.68. The highest BCUT2D eigenvalue weighted by Crippen LogP contribution is 2.39. The number of aromatic nitrogens is 1. The fraction of sp³-hybridized carbons (Fsp3) is 0.125. The summed E-state index contributed by atoms with van der Waals surface area (Å²) < 4.78 is 1.76. The van der Waals surface area contributed by atoms with Gasteiger partial charge in [0.2, 0.25) is 5.88 Å². The molecular weight excluding hydrogens is 378 g/mol. The standard InChI is InChI=1S/C24H21N3O3/c28-22(18-11-5-2-6-12-18)23(29)26-25-21-19-13-7-8-14-20(19)27(24(21)30)16-15-17-9-3-1-4-10-17/h1-14,22,28,30H,15-16H2/t22-/m1/s1.